The van der Waals surface area contributed by atoms with Gasteiger partial charge in [-0.15, -0.1) is 0 Å². The molecule has 0 saturated heterocycles. The maximum absolute atomic E-state index is 4.00. The van der Waals surface area contributed by atoms with Crippen molar-refractivity contribution in [3.63, 3.8) is 0 Å². The van der Waals surface area contributed by atoms with Gasteiger partial charge in [0.15, 0.2) is 0 Å². The molecule has 58 valence electrons. The maximum atomic E-state index is 4.00. The Kier molecular flexibility index (Phi) is 1.76. The first kappa shape index (κ1) is 7.64. The summed E-state index contributed by atoms with van der Waals surface area (Å²) in [6.07, 6.45) is 2.66. The Hall–Kier alpha value is -0.460. The van der Waals surface area contributed by atoms with E-state index in [-0.39, 0.29) is 5.41 Å². The molecule has 1 aliphatic carbocycles. The molecule has 0 aromatic carbocycles. The topological polar surface area (TPSA) is 12.0 Å². The monoisotopic (exact) mass is 139 g/mol. The van der Waals surface area contributed by atoms with Crippen molar-refractivity contribution in [1.29, 1.82) is 0 Å². The van der Waals surface area contributed by atoms with Crippen LogP contribution >= 0.6 is 0 Å². The second kappa shape index (κ2) is 2.30. The second-order valence-electron chi connectivity index (χ2n) is 4.15. The quantitative estimate of drug-likeness (QED) is 0.619. The minimum absolute atomic E-state index is 0.225. The molecule has 1 heteroatoms. The molecule has 0 unspecified atom stereocenters. The predicted molar refractivity (Wildman–Crippen MR) is 44.8 cm³/mol. The summed E-state index contributed by atoms with van der Waals surface area (Å²) in [6.45, 7) is 10.6. The summed E-state index contributed by atoms with van der Waals surface area (Å²) in [5, 5.41) is 3.40. The van der Waals surface area contributed by atoms with E-state index >= 15 is 0 Å². The molecular weight excluding hydrogens is 122 g/mol. The molecule has 1 nitrogen and oxygen atoms in total. The van der Waals surface area contributed by atoms with Crippen molar-refractivity contribution in [2.24, 2.45) is 5.41 Å². The van der Waals surface area contributed by atoms with Crippen molar-refractivity contribution in [1.82, 2.24) is 5.32 Å². The normalized spacial score (nSPS) is 18.7. The highest BCUT2D eigenvalue weighted by Gasteiger charge is 2.24. The third kappa shape index (κ3) is 2.05. The maximum Gasteiger partial charge on any atom is 0.0259 e. The summed E-state index contributed by atoms with van der Waals surface area (Å²) < 4.78 is 0. The van der Waals surface area contributed by atoms with Gasteiger partial charge in [-0.05, 0) is 12.8 Å². The largest absolute Gasteiger partial charge is 0.386 e. The molecule has 1 aliphatic rings. The van der Waals surface area contributed by atoms with E-state index in [1.807, 2.05) is 0 Å². The molecule has 0 spiro atoms. The van der Waals surface area contributed by atoms with Gasteiger partial charge in [0.2, 0.25) is 0 Å². The fraction of sp³-hybridized carbons (Fsp3) is 0.778. The SMILES string of the molecule is C=C(NC1CC1)C(C)(C)C. The van der Waals surface area contributed by atoms with Crippen molar-refractivity contribution in [2.45, 2.75) is 39.7 Å². The predicted octanol–water partition coefficient (Wildman–Crippen LogP) is 2.30. The van der Waals surface area contributed by atoms with Crippen molar-refractivity contribution in [3.8, 4) is 0 Å². The van der Waals surface area contributed by atoms with Crippen LogP contribution in [0.3, 0.4) is 0 Å². The molecule has 0 bridgehead atoms. The minimum Gasteiger partial charge on any atom is -0.386 e. The zero-order chi connectivity index (χ0) is 7.78. The molecule has 1 fully saturated rings. The molecule has 0 aromatic heterocycles. The number of rotatable bonds is 2. The van der Waals surface area contributed by atoms with Crippen LogP contribution in [0.5, 0.6) is 0 Å². The Morgan fingerprint density at radius 1 is 1.40 bits per heavy atom. The van der Waals surface area contributed by atoms with Crippen LogP contribution in [0.4, 0.5) is 0 Å². The first-order valence-electron chi connectivity index (χ1n) is 3.96. The summed E-state index contributed by atoms with van der Waals surface area (Å²) in [7, 11) is 0. The van der Waals surface area contributed by atoms with Crippen LogP contribution in [0, 0.1) is 5.41 Å². The average Bonchev–Trinajstić information content (AvgIpc) is 2.47. The summed E-state index contributed by atoms with van der Waals surface area (Å²) in [4.78, 5) is 0. The van der Waals surface area contributed by atoms with Crippen LogP contribution in [0.25, 0.3) is 0 Å². The van der Waals surface area contributed by atoms with Gasteiger partial charge >= 0.3 is 0 Å². The highest BCUT2D eigenvalue weighted by molar-refractivity contribution is 5.06. The van der Waals surface area contributed by atoms with E-state index in [9.17, 15) is 0 Å². The Labute approximate surface area is 63.5 Å². The lowest BCUT2D eigenvalue weighted by molar-refractivity contribution is 0.460. The number of hydrogen-bond donors (Lipinski definition) is 1. The van der Waals surface area contributed by atoms with Crippen molar-refractivity contribution < 1.29 is 0 Å². The molecule has 1 saturated carbocycles. The van der Waals surface area contributed by atoms with Crippen LogP contribution in [0.1, 0.15) is 33.6 Å². The van der Waals surface area contributed by atoms with Gasteiger partial charge in [-0.3, -0.25) is 0 Å². The summed E-state index contributed by atoms with van der Waals surface area (Å²) in [5.74, 6) is 0. The highest BCUT2D eigenvalue weighted by atomic mass is 15.0. The second-order valence-corrected chi connectivity index (χ2v) is 4.15. The van der Waals surface area contributed by atoms with Crippen LogP contribution in [0.2, 0.25) is 0 Å². The van der Waals surface area contributed by atoms with E-state index in [0.29, 0.717) is 0 Å². The van der Waals surface area contributed by atoms with E-state index in [0.717, 1.165) is 6.04 Å². The molecule has 0 aliphatic heterocycles. The van der Waals surface area contributed by atoms with Crippen LogP contribution < -0.4 is 5.32 Å². The molecule has 0 atom stereocenters. The zero-order valence-electron chi connectivity index (χ0n) is 7.20. The molecule has 10 heavy (non-hydrogen) atoms. The van der Waals surface area contributed by atoms with E-state index in [1.54, 1.807) is 0 Å². The fourth-order valence-electron chi connectivity index (χ4n) is 0.691. The number of nitrogens with one attached hydrogen (secondary N) is 1. The van der Waals surface area contributed by atoms with Gasteiger partial charge in [0.25, 0.3) is 0 Å². The summed E-state index contributed by atoms with van der Waals surface area (Å²) >= 11 is 0. The van der Waals surface area contributed by atoms with Gasteiger partial charge in [0.05, 0.1) is 0 Å². The Morgan fingerprint density at radius 3 is 2.20 bits per heavy atom. The third-order valence-corrected chi connectivity index (χ3v) is 1.86. The van der Waals surface area contributed by atoms with Gasteiger partial charge in [0.1, 0.15) is 0 Å². The average molecular weight is 139 g/mol. The number of allylic oxidation sites excluding steroid dienone is 1. The Morgan fingerprint density at radius 2 is 1.90 bits per heavy atom. The van der Waals surface area contributed by atoms with Crippen LogP contribution in [0.15, 0.2) is 12.3 Å². The Bertz CT molecular complexity index is 137. The molecule has 0 heterocycles. The highest BCUT2D eigenvalue weighted by Crippen LogP contribution is 2.26. The first-order chi connectivity index (χ1) is 4.50. The summed E-state index contributed by atoms with van der Waals surface area (Å²) in [5.41, 5.74) is 1.40. The summed E-state index contributed by atoms with van der Waals surface area (Å²) in [6, 6.07) is 0.742. The first-order valence-corrected chi connectivity index (χ1v) is 3.96. The minimum atomic E-state index is 0.225. The third-order valence-electron chi connectivity index (χ3n) is 1.86. The van der Waals surface area contributed by atoms with E-state index < -0.39 is 0 Å². The van der Waals surface area contributed by atoms with E-state index in [1.165, 1.54) is 18.5 Å². The Balaban J connectivity index is 2.32. The lowest BCUT2D eigenvalue weighted by Crippen LogP contribution is -2.24. The van der Waals surface area contributed by atoms with E-state index in [2.05, 4.69) is 32.7 Å². The van der Waals surface area contributed by atoms with Gasteiger partial charge < -0.3 is 5.32 Å². The molecule has 1 rings (SSSR count). The standard InChI is InChI=1S/C9H17N/c1-7(9(2,3)4)10-8-5-6-8/h8,10H,1,5-6H2,2-4H3. The van der Waals surface area contributed by atoms with E-state index in [4.69, 9.17) is 0 Å². The van der Waals surface area contributed by atoms with Crippen molar-refractivity contribution >= 4 is 0 Å². The van der Waals surface area contributed by atoms with Crippen LogP contribution in [-0.4, -0.2) is 6.04 Å². The smallest absolute Gasteiger partial charge is 0.0259 e. The molecule has 0 amide bonds. The molecule has 0 aromatic rings. The van der Waals surface area contributed by atoms with Crippen molar-refractivity contribution in [3.05, 3.63) is 12.3 Å². The lowest BCUT2D eigenvalue weighted by Gasteiger charge is -2.22. The lowest BCUT2D eigenvalue weighted by atomic mass is 9.93. The molecular formula is C9H17N. The van der Waals surface area contributed by atoms with Gasteiger partial charge in [-0.2, -0.15) is 0 Å². The van der Waals surface area contributed by atoms with Gasteiger partial charge in [-0.1, -0.05) is 27.4 Å². The van der Waals surface area contributed by atoms with Gasteiger partial charge in [0, 0.05) is 17.2 Å². The van der Waals surface area contributed by atoms with Crippen molar-refractivity contribution in [2.75, 3.05) is 0 Å². The van der Waals surface area contributed by atoms with Crippen LogP contribution in [-0.2, 0) is 0 Å². The fourth-order valence-corrected chi connectivity index (χ4v) is 0.691. The number of hydrogen-bond acceptors (Lipinski definition) is 1. The zero-order valence-corrected chi connectivity index (χ0v) is 7.20. The molecule has 0 radical (unpaired) electrons. The van der Waals surface area contributed by atoms with Gasteiger partial charge in [-0.25, -0.2) is 0 Å². The molecule has 1 N–H and O–H groups in total.